The first-order valence-corrected chi connectivity index (χ1v) is 7.40. The molecule has 0 aliphatic heterocycles. The quantitative estimate of drug-likeness (QED) is 0.629. The van der Waals surface area contributed by atoms with E-state index in [1.165, 1.54) is 22.9 Å². The summed E-state index contributed by atoms with van der Waals surface area (Å²) in [6.07, 6.45) is 2.46. The molecular formula is C15H22BrN3. The Morgan fingerprint density at radius 2 is 1.74 bits per heavy atom. The van der Waals surface area contributed by atoms with Crippen molar-refractivity contribution in [3.8, 4) is 0 Å². The Bertz CT molecular complexity index is 466. The molecule has 19 heavy (non-hydrogen) atoms. The van der Waals surface area contributed by atoms with Crippen molar-refractivity contribution in [2.45, 2.75) is 18.3 Å². The minimum atomic E-state index is 0.247. The standard InChI is InChI=1S/C15H22BrN3/c1-18(2)14(19(3)4)17-11-15(9-10-15)12-7-5-6-8-13(12)16/h5-8H,9-11H2,1-4H3. The van der Waals surface area contributed by atoms with Crippen LogP contribution in [0.3, 0.4) is 0 Å². The van der Waals surface area contributed by atoms with Crippen LogP contribution in [0.25, 0.3) is 0 Å². The monoisotopic (exact) mass is 323 g/mol. The third-order valence-corrected chi connectivity index (χ3v) is 4.31. The van der Waals surface area contributed by atoms with Gasteiger partial charge in [-0.05, 0) is 24.5 Å². The van der Waals surface area contributed by atoms with Gasteiger partial charge < -0.3 is 9.80 Å². The van der Waals surface area contributed by atoms with E-state index in [-0.39, 0.29) is 5.41 Å². The van der Waals surface area contributed by atoms with Crippen LogP contribution >= 0.6 is 15.9 Å². The first kappa shape index (κ1) is 14.4. The van der Waals surface area contributed by atoms with Gasteiger partial charge in [-0.1, -0.05) is 34.1 Å². The smallest absolute Gasteiger partial charge is 0.195 e. The summed E-state index contributed by atoms with van der Waals surface area (Å²) in [5.74, 6) is 1.03. The highest BCUT2D eigenvalue weighted by atomic mass is 79.9. The molecule has 0 bridgehead atoms. The minimum Gasteiger partial charge on any atom is -0.349 e. The molecule has 4 heteroatoms. The van der Waals surface area contributed by atoms with E-state index in [0.29, 0.717) is 0 Å². The van der Waals surface area contributed by atoms with E-state index in [9.17, 15) is 0 Å². The fourth-order valence-electron chi connectivity index (χ4n) is 2.46. The van der Waals surface area contributed by atoms with Crippen LogP contribution in [0.2, 0.25) is 0 Å². The molecule has 1 aliphatic rings. The number of hydrogen-bond donors (Lipinski definition) is 0. The lowest BCUT2D eigenvalue weighted by Gasteiger charge is -2.24. The molecule has 0 N–H and O–H groups in total. The zero-order chi connectivity index (χ0) is 14.0. The predicted molar refractivity (Wildman–Crippen MR) is 84.7 cm³/mol. The Balaban J connectivity index is 2.19. The van der Waals surface area contributed by atoms with Gasteiger partial charge in [-0.2, -0.15) is 0 Å². The van der Waals surface area contributed by atoms with Crippen LogP contribution in [0.5, 0.6) is 0 Å². The fourth-order valence-corrected chi connectivity index (χ4v) is 3.17. The predicted octanol–water partition coefficient (Wildman–Crippen LogP) is 2.96. The van der Waals surface area contributed by atoms with Crippen LogP contribution in [0.1, 0.15) is 18.4 Å². The second-order valence-electron chi connectivity index (χ2n) is 5.67. The molecule has 0 radical (unpaired) electrons. The van der Waals surface area contributed by atoms with Crippen molar-refractivity contribution in [3.63, 3.8) is 0 Å². The number of nitrogens with zero attached hydrogens (tertiary/aromatic N) is 3. The van der Waals surface area contributed by atoms with Crippen LogP contribution < -0.4 is 0 Å². The largest absolute Gasteiger partial charge is 0.349 e. The first-order valence-electron chi connectivity index (χ1n) is 6.60. The third-order valence-electron chi connectivity index (χ3n) is 3.62. The fraction of sp³-hybridized carbons (Fsp3) is 0.533. The highest BCUT2D eigenvalue weighted by Crippen LogP contribution is 2.50. The van der Waals surface area contributed by atoms with Gasteiger partial charge in [0, 0.05) is 38.1 Å². The maximum atomic E-state index is 4.82. The maximum absolute atomic E-state index is 4.82. The topological polar surface area (TPSA) is 18.8 Å². The Morgan fingerprint density at radius 3 is 2.21 bits per heavy atom. The van der Waals surface area contributed by atoms with Crippen molar-refractivity contribution >= 4 is 21.9 Å². The molecule has 104 valence electrons. The summed E-state index contributed by atoms with van der Waals surface area (Å²) in [6, 6.07) is 8.52. The second-order valence-corrected chi connectivity index (χ2v) is 6.52. The van der Waals surface area contributed by atoms with E-state index < -0.39 is 0 Å². The van der Waals surface area contributed by atoms with Crippen molar-refractivity contribution in [1.29, 1.82) is 0 Å². The SMILES string of the molecule is CN(C)C(=NCC1(c2ccccc2Br)CC1)N(C)C. The zero-order valence-corrected chi connectivity index (χ0v) is 13.7. The molecule has 1 aromatic carbocycles. The molecule has 0 amide bonds. The van der Waals surface area contributed by atoms with E-state index >= 15 is 0 Å². The molecule has 0 spiro atoms. The number of hydrogen-bond acceptors (Lipinski definition) is 1. The van der Waals surface area contributed by atoms with E-state index in [4.69, 9.17) is 4.99 Å². The number of rotatable bonds is 3. The second kappa shape index (κ2) is 5.53. The lowest BCUT2D eigenvalue weighted by molar-refractivity contribution is 0.476. The molecule has 0 unspecified atom stereocenters. The van der Waals surface area contributed by atoms with Crippen molar-refractivity contribution in [3.05, 3.63) is 34.3 Å². The number of aliphatic imine (C=N–C) groups is 1. The van der Waals surface area contributed by atoms with E-state index in [1.807, 2.05) is 28.2 Å². The summed E-state index contributed by atoms with van der Waals surface area (Å²) in [4.78, 5) is 8.95. The summed E-state index contributed by atoms with van der Waals surface area (Å²) >= 11 is 3.67. The van der Waals surface area contributed by atoms with Crippen molar-refractivity contribution in [1.82, 2.24) is 9.80 Å². The van der Waals surface area contributed by atoms with Crippen LogP contribution in [-0.4, -0.2) is 50.5 Å². The van der Waals surface area contributed by atoms with Gasteiger partial charge in [-0.3, -0.25) is 4.99 Å². The van der Waals surface area contributed by atoms with E-state index in [2.05, 4.69) is 50.0 Å². The number of benzene rings is 1. The van der Waals surface area contributed by atoms with Gasteiger partial charge in [-0.25, -0.2) is 0 Å². The van der Waals surface area contributed by atoms with Crippen molar-refractivity contribution < 1.29 is 0 Å². The Morgan fingerprint density at radius 1 is 1.16 bits per heavy atom. The molecule has 0 aromatic heterocycles. The van der Waals surface area contributed by atoms with Gasteiger partial charge in [0.15, 0.2) is 5.96 Å². The lowest BCUT2D eigenvalue weighted by Crippen LogP contribution is -2.36. The van der Waals surface area contributed by atoms with Gasteiger partial charge in [0.25, 0.3) is 0 Å². The van der Waals surface area contributed by atoms with Crippen LogP contribution in [0, 0.1) is 0 Å². The molecule has 0 saturated heterocycles. The molecule has 2 rings (SSSR count). The first-order chi connectivity index (χ1) is 8.96. The summed E-state index contributed by atoms with van der Waals surface area (Å²) in [5, 5.41) is 0. The van der Waals surface area contributed by atoms with Crippen LogP contribution in [0.4, 0.5) is 0 Å². The molecule has 1 fully saturated rings. The number of halogens is 1. The molecular weight excluding hydrogens is 302 g/mol. The van der Waals surface area contributed by atoms with Crippen LogP contribution in [0.15, 0.2) is 33.7 Å². The normalized spacial score (nSPS) is 15.8. The summed E-state index contributed by atoms with van der Waals surface area (Å²) in [6.45, 7) is 0.862. The molecule has 1 aromatic rings. The summed E-state index contributed by atoms with van der Waals surface area (Å²) < 4.78 is 1.21. The van der Waals surface area contributed by atoms with E-state index in [1.54, 1.807) is 0 Å². The summed E-state index contributed by atoms with van der Waals surface area (Å²) in [5.41, 5.74) is 1.65. The van der Waals surface area contributed by atoms with Gasteiger partial charge in [0.05, 0.1) is 6.54 Å². The van der Waals surface area contributed by atoms with Gasteiger partial charge in [0.2, 0.25) is 0 Å². The average Bonchev–Trinajstić information content (AvgIpc) is 3.10. The molecule has 0 heterocycles. The molecule has 1 aliphatic carbocycles. The highest BCUT2D eigenvalue weighted by molar-refractivity contribution is 9.10. The van der Waals surface area contributed by atoms with Crippen molar-refractivity contribution in [2.24, 2.45) is 4.99 Å². The maximum Gasteiger partial charge on any atom is 0.195 e. The minimum absolute atomic E-state index is 0.247. The van der Waals surface area contributed by atoms with Crippen LogP contribution in [-0.2, 0) is 5.41 Å². The Labute approximate surface area is 124 Å². The van der Waals surface area contributed by atoms with Gasteiger partial charge in [-0.15, -0.1) is 0 Å². The lowest BCUT2D eigenvalue weighted by atomic mass is 9.96. The molecule has 1 saturated carbocycles. The molecule has 3 nitrogen and oxygen atoms in total. The molecule has 0 atom stereocenters. The Hall–Kier alpha value is -1.03. The van der Waals surface area contributed by atoms with E-state index in [0.717, 1.165) is 12.5 Å². The summed E-state index contributed by atoms with van der Waals surface area (Å²) in [7, 11) is 8.15. The third kappa shape index (κ3) is 3.11. The zero-order valence-electron chi connectivity index (χ0n) is 12.2. The Kier molecular flexibility index (Phi) is 4.19. The van der Waals surface area contributed by atoms with Gasteiger partial charge in [0.1, 0.15) is 0 Å². The average molecular weight is 324 g/mol. The van der Waals surface area contributed by atoms with Crippen molar-refractivity contribution in [2.75, 3.05) is 34.7 Å². The highest BCUT2D eigenvalue weighted by Gasteiger charge is 2.45. The number of guanidine groups is 1. The van der Waals surface area contributed by atoms with Gasteiger partial charge >= 0.3 is 0 Å².